The number of nitrogens with one attached hydrogen (secondary N) is 1. The monoisotopic (exact) mass is 404 g/mol. The third-order valence-electron chi connectivity index (χ3n) is 4.63. The fraction of sp³-hybridized carbons (Fsp3) is 0.136. The number of fused-ring (bicyclic) bond motifs is 1. The number of hydrogen-bond donors (Lipinski definition) is 1. The van der Waals surface area contributed by atoms with Crippen LogP contribution >= 0.6 is 0 Å². The van der Waals surface area contributed by atoms with Crippen LogP contribution in [0.1, 0.15) is 10.4 Å². The maximum Gasteiger partial charge on any atom is 0.259 e. The number of imidazole rings is 1. The van der Waals surface area contributed by atoms with Crippen LogP contribution < -0.4 is 19.5 Å². The Balaban J connectivity index is 1.70. The molecule has 1 N–H and O–H groups in total. The number of para-hydroxylation sites is 1. The predicted octanol–water partition coefficient (Wildman–Crippen LogP) is 3.67. The molecule has 2 aromatic heterocycles. The van der Waals surface area contributed by atoms with Crippen molar-refractivity contribution in [3.63, 3.8) is 0 Å². The van der Waals surface area contributed by atoms with E-state index < -0.39 is 0 Å². The molecule has 1 amide bonds. The zero-order valence-electron chi connectivity index (χ0n) is 16.7. The molecule has 0 unspecified atom stereocenters. The quantitative estimate of drug-likeness (QED) is 0.528. The van der Waals surface area contributed by atoms with Gasteiger partial charge in [0.1, 0.15) is 5.75 Å². The summed E-state index contributed by atoms with van der Waals surface area (Å²) >= 11 is 0. The Bertz CT molecular complexity index is 1190. The lowest BCUT2D eigenvalue weighted by Crippen LogP contribution is -2.14. The zero-order chi connectivity index (χ0) is 21.1. The Kier molecular flexibility index (Phi) is 5.21. The van der Waals surface area contributed by atoms with Crippen LogP contribution in [0.5, 0.6) is 17.2 Å². The van der Waals surface area contributed by atoms with Crippen molar-refractivity contribution in [2.75, 3.05) is 26.6 Å². The number of rotatable bonds is 6. The Morgan fingerprint density at radius 1 is 1.00 bits per heavy atom. The molecule has 0 radical (unpaired) electrons. The van der Waals surface area contributed by atoms with Crippen LogP contribution in [0.2, 0.25) is 0 Å². The summed E-state index contributed by atoms with van der Waals surface area (Å²) < 4.78 is 17.9. The molecule has 152 valence electrons. The van der Waals surface area contributed by atoms with Gasteiger partial charge in [0.05, 0.1) is 38.3 Å². The molecular weight excluding hydrogens is 384 g/mol. The lowest BCUT2D eigenvalue weighted by atomic mass is 10.1. The number of anilines is 1. The Hall–Kier alpha value is -4.07. The molecule has 30 heavy (non-hydrogen) atoms. The third-order valence-corrected chi connectivity index (χ3v) is 4.63. The first-order valence-corrected chi connectivity index (χ1v) is 9.15. The molecule has 0 spiro atoms. The SMILES string of the molecule is COc1ccc(-c2cn3cccnc3n2)cc1NC(=O)c1cccc(OC)c1OC. The molecule has 2 heterocycles. The summed E-state index contributed by atoms with van der Waals surface area (Å²) in [7, 11) is 4.56. The minimum atomic E-state index is -0.349. The topological polar surface area (TPSA) is 87.0 Å². The van der Waals surface area contributed by atoms with Gasteiger partial charge in [-0.3, -0.25) is 9.20 Å². The summed E-state index contributed by atoms with van der Waals surface area (Å²) in [6, 6.07) is 12.4. The number of aromatic nitrogens is 3. The smallest absolute Gasteiger partial charge is 0.259 e. The molecule has 0 fully saturated rings. The second-order valence-corrected chi connectivity index (χ2v) is 6.36. The summed E-state index contributed by atoms with van der Waals surface area (Å²) in [5.74, 6) is 1.60. The zero-order valence-corrected chi connectivity index (χ0v) is 16.7. The molecule has 0 saturated carbocycles. The predicted molar refractivity (Wildman–Crippen MR) is 112 cm³/mol. The summed E-state index contributed by atoms with van der Waals surface area (Å²) in [5.41, 5.74) is 2.40. The van der Waals surface area contributed by atoms with E-state index in [1.807, 2.05) is 35.0 Å². The van der Waals surface area contributed by atoms with Gasteiger partial charge < -0.3 is 19.5 Å². The van der Waals surface area contributed by atoms with Crippen molar-refractivity contribution in [1.82, 2.24) is 14.4 Å². The second kappa shape index (κ2) is 8.12. The Labute approximate surface area is 173 Å². The number of hydrogen-bond acceptors (Lipinski definition) is 6. The van der Waals surface area contributed by atoms with Crippen LogP contribution in [0.25, 0.3) is 17.0 Å². The van der Waals surface area contributed by atoms with Crippen LogP contribution in [0.15, 0.2) is 61.1 Å². The Morgan fingerprint density at radius 2 is 1.83 bits per heavy atom. The average Bonchev–Trinajstić information content (AvgIpc) is 3.22. The first kappa shape index (κ1) is 19.3. The standard InChI is InChI=1S/C22H20N4O4/c1-28-18-9-8-14(17-13-26-11-5-10-23-22(26)25-17)12-16(18)24-21(27)15-6-4-7-19(29-2)20(15)30-3/h4-13H,1-3H3,(H,24,27). The molecule has 0 aliphatic rings. The molecule has 8 nitrogen and oxygen atoms in total. The molecule has 2 aromatic carbocycles. The van der Waals surface area contributed by atoms with E-state index in [0.29, 0.717) is 34.3 Å². The maximum absolute atomic E-state index is 13.0. The maximum atomic E-state index is 13.0. The van der Waals surface area contributed by atoms with Crippen LogP contribution in [0.4, 0.5) is 5.69 Å². The lowest BCUT2D eigenvalue weighted by Gasteiger charge is -2.14. The van der Waals surface area contributed by atoms with Crippen LogP contribution in [0, 0.1) is 0 Å². The fourth-order valence-electron chi connectivity index (χ4n) is 3.19. The van der Waals surface area contributed by atoms with Crippen molar-refractivity contribution in [3.8, 4) is 28.5 Å². The van der Waals surface area contributed by atoms with E-state index in [1.54, 1.807) is 37.6 Å². The first-order chi connectivity index (χ1) is 14.6. The van der Waals surface area contributed by atoms with Gasteiger partial charge in [-0.1, -0.05) is 6.07 Å². The Morgan fingerprint density at radius 3 is 2.57 bits per heavy atom. The lowest BCUT2D eigenvalue weighted by molar-refractivity contribution is 0.102. The van der Waals surface area contributed by atoms with Gasteiger partial charge in [-0.25, -0.2) is 9.97 Å². The summed E-state index contributed by atoms with van der Waals surface area (Å²) in [5, 5.41) is 2.90. The van der Waals surface area contributed by atoms with Crippen molar-refractivity contribution in [2.24, 2.45) is 0 Å². The molecule has 4 aromatic rings. The summed E-state index contributed by atoms with van der Waals surface area (Å²) in [6.07, 6.45) is 5.44. The van der Waals surface area contributed by atoms with E-state index in [1.165, 1.54) is 14.2 Å². The van der Waals surface area contributed by atoms with Gasteiger partial charge in [-0.15, -0.1) is 0 Å². The molecule has 0 aliphatic carbocycles. The normalized spacial score (nSPS) is 10.6. The van der Waals surface area contributed by atoms with Gasteiger partial charge in [0, 0.05) is 24.2 Å². The largest absolute Gasteiger partial charge is 0.495 e. The highest BCUT2D eigenvalue weighted by Crippen LogP contribution is 2.34. The number of ether oxygens (including phenoxy) is 3. The molecule has 0 atom stereocenters. The molecule has 0 aliphatic heterocycles. The number of amides is 1. The molecule has 0 saturated heterocycles. The highest BCUT2D eigenvalue weighted by atomic mass is 16.5. The first-order valence-electron chi connectivity index (χ1n) is 9.15. The minimum absolute atomic E-state index is 0.348. The van der Waals surface area contributed by atoms with Gasteiger partial charge in [0.15, 0.2) is 11.5 Å². The van der Waals surface area contributed by atoms with Crippen LogP contribution in [0.3, 0.4) is 0 Å². The van der Waals surface area contributed by atoms with Gasteiger partial charge in [-0.2, -0.15) is 0 Å². The number of carbonyl (C=O) groups is 1. The fourth-order valence-corrected chi connectivity index (χ4v) is 3.19. The van der Waals surface area contributed by atoms with Crippen molar-refractivity contribution in [1.29, 1.82) is 0 Å². The third kappa shape index (κ3) is 3.50. The molecule has 4 rings (SSSR count). The van der Waals surface area contributed by atoms with Crippen molar-refractivity contribution in [3.05, 3.63) is 66.6 Å². The number of nitrogens with zero attached hydrogens (tertiary/aromatic N) is 3. The average molecular weight is 404 g/mol. The van der Waals surface area contributed by atoms with E-state index in [4.69, 9.17) is 14.2 Å². The van der Waals surface area contributed by atoms with E-state index >= 15 is 0 Å². The van der Waals surface area contributed by atoms with Crippen LogP contribution in [-0.4, -0.2) is 41.6 Å². The molecule has 0 bridgehead atoms. The highest BCUT2D eigenvalue weighted by molar-refractivity contribution is 6.07. The highest BCUT2D eigenvalue weighted by Gasteiger charge is 2.18. The van der Waals surface area contributed by atoms with Gasteiger partial charge in [0.2, 0.25) is 5.78 Å². The summed E-state index contributed by atoms with van der Waals surface area (Å²) in [4.78, 5) is 21.8. The molecular formula is C22H20N4O4. The van der Waals surface area contributed by atoms with Gasteiger partial charge >= 0.3 is 0 Å². The number of benzene rings is 2. The van der Waals surface area contributed by atoms with E-state index in [0.717, 1.165) is 11.3 Å². The number of carbonyl (C=O) groups excluding carboxylic acids is 1. The minimum Gasteiger partial charge on any atom is -0.495 e. The van der Waals surface area contributed by atoms with Crippen molar-refractivity contribution >= 4 is 17.4 Å². The van der Waals surface area contributed by atoms with Crippen molar-refractivity contribution in [2.45, 2.75) is 0 Å². The number of methoxy groups -OCH3 is 3. The van der Waals surface area contributed by atoms with Gasteiger partial charge in [-0.05, 0) is 36.4 Å². The van der Waals surface area contributed by atoms with Crippen molar-refractivity contribution < 1.29 is 19.0 Å². The molecule has 8 heteroatoms. The van der Waals surface area contributed by atoms with Crippen LogP contribution in [-0.2, 0) is 0 Å². The van der Waals surface area contributed by atoms with E-state index in [9.17, 15) is 4.79 Å². The summed E-state index contributed by atoms with van der Waals surface area (Å²) in [6.45, 7) is 0. The van der Waals surface area contributed by atoms with Gasteiger partial charge in [0.25, 0.3) is 5.91 Å². The van der Waals surface area contributed by atoms with E-state index in [2.05, 4.69) is 15.3 Å². The second-order valence-electron chi connectivity index (χ2n) is 6.36. The van der Waals surface area contributed by atoms with E-state index in [-0.39, 0.29) is 5.91 Å².